The molecule has 0 radical (unpaired) electrons. The van der Waals surface area contributed by atoms with Crippen LogP contribution in [0.4, 0.5) is 0 Å². The van der Waals surface area contributed by atoms with E-state index in [2.05, 4.69) is 62.4 Å². The molecule has 0 aromatic heterocycles. The van der Waals surface area contributed by atoms with Gasteiger partial charge in [-0.25, -0.2) is 0 Å². The number of hydrogen-bond donors (Lipinski definition) is 0. The van der Waals surface area contributed by atoms with Gasteiger partial charge in [0.1, 0.15) is 5.75 Å². The molecule has 2 aliphatic carbocycles. The predicted molar refractivity (Wildman–Crippen MR) is 120 cm³/mol. The van der Waals surface area contributed by atoms with Crippen molar-refractivity contribution >= 4 is 0 Å². The molecule has 2 aromatic rings. The average molecular weight is 393 g/mol. The second-order valence-electron chi connectivity index (χ2n) is 8.96. The van der Waals surface area contributed by atoms with Crippen molar-refractivity contribution in [3.8, 4) is 5.75 Å². The molecule has 1 fully saturated rings. The van der Waals surface area contributed by atoms with Crippen LogP contribution in [0.15, 0.2) is 48.5 Å². The number of benzene rings is 2. The topological polar surface area (TPSA) is 18.5 Å². The fraction of sp³-hybridized carbons (Fsp3) is 0.556. The van der Waals surface area contributed by atoms with Gasteiger partial charge in [0.05, 0.1) is 6.10 Å². The summed E-state index contributed by atoms with van der Waals surface area (Å²) >= 11 is 0. The van der Waals surface area contributed by atoms with Gasteiger partial charge < -0.3 is 9.47 Å². The molecule has 0 amide bonds. The van der Waals surface area contributed by atoms with Crippen LogP contribution < -0.4 is 4.74 Å². The monoisotopic (exact) mass is 392 g/mol. The maximum Gasteiger partial charge on any atom is 0.207 e. The van der Waals surface area contributed by atoms with Gasteiger partial charge in [-0.2, -0.15) is 0 Å². The molecule has 0 heterocycles. The molecule has 156 valence electrons. The van der Waals surface area contributed by atoms with Gasteiger partial charge in [0.15, 0.2) is 0 Å². The lowest BCUT2D eigenvalue weighted by molar-refractivity contribution is -0.143. The van der Waals surface area contributed by atoms with Crippen molar-refractivity contribution in [2.24, 2.45) is 0 Å². The third-order valence-electron chi connectivity index (χ3n) is 6.94. The molecule has 3 unspecified atom stereocenters. The Kier molecular flexibility index (Phi) is 6.92. The van der Waals surface area contributed by atoms with Gasteiger partial charge in [-0.05, 0) is 73.3 Å². The Morgan fingerprint density at radius 2 is 1.66 bits per heavy atom. The van der Waals surface area contributed by atoms with Crippen LogP contribution in [0.3, 0.4) is 0 Å². The van der Waals surface area contributed by atoms with Gasteiger partial charge >= 0.3 is 0 Å². The molecule has 2 aliphatic rings. The van der Waals surface area contributed by atoms with Crippen molar-refractivity contribution in [1.29, 1.82) is 0 Å². The summed E-state index contributed by atoms with van der Waals surface area (Å²) in [6.45, 7) is 4.52. The highest BCUT2D eigenvalue weighted by molar-refractivity contribution is 5.34. The molecule has 2 aromatic carbocycles. The molecule has 0 aliphatic heterocycles. The summed E-state index contributed by atoms with van der Waals surface area (Å²) in [5.41, 5.74) is 4.28. The normalized spacial score (nSPS) is 21.9. The molecule has 2 nitrogen and oxygen atoms in total. The molecule has 2 heteroatoms. The van der Waals surface area contributed by atoms with Crippen LogP contribution in [0.1, 0.15) is 93.7 Å². The first-order valence-electron chi connectivity index (χ1n) is 11.7. The van der Waals surface area contributed by atoms with Crippen molar-refractivity contribution in [2.45, 2.75) is 95.9 Å². The van der Waals surface area contributed by atoms with Crippen LogP contribution in [-0.4, -0.2) is 12.4 Å². The zero-order chi connectivity index (χ0) is 20.1. The minimum absolute atomic E-state index is 0.200. The van der Waals surface area contributed by atoms with Crippen molar-refractivity contribution < 1.29 is 9.47 Å². The lowest BCUT2D eigenvalue weighted by Crippen LogP contribution is -2.35. The number of fused-ring (bicyclic) bond motifs is 1. The van der Waals surface area contributed by atoms with Gasteiger partial charge in [0.25, 0.3) is 0 Å². The highest BCUT2D eigenvalue weighted by Crippen LogP contribution is 2.38. The van der Waals surface area contributed by atoms with Crippen LogP contribution in [-0.2, 0) is 11.2 Å². The van der Waals surface area contributed by atoms with Gasteiger partial charge in [-0.15, -0.1) is 0 Å². The largest absolute Gasteiger partial charge is 0.464 e. The quantitative estimate of drug-likeness (QED) is 0.458. The second kappa shape index (κ2) is 9.80. The number of ether oxygens (including phenoxy) is 2. The summed E-state index contributed by atoms with van der Waals surface area (Å²) < 4.78 is 13.2. The van der Waals surface area contributed by atoms with Crippen LogP contribution >= 0.6 is 0 Å². The van der Waals surface area contributed by atoms with E-state index in [1.54, 1.807) is 0 Å². The molecular formula is C27H36O2. The van der Waals surface area contributed by atoms with E-state index in [1.807, 2.05) is 0 Å². The van der Waals surface area contributed by atoms with Gasteiger partial charge in [-0.1, -0.05) is 69.5 Å². The summed E-state index contributed by atoms with van der Waals surface area (Å²) in [7, 11) is 0. The fourth-order valence-electron chi connectivity index (χ4n) is 4.91. The molecule has 4 rings (SSSR count). The Morgan fingerprint density at radius 1 is 0.897 bits per heavy atom. The molecule has 1 saturated carbocycles. The molecule has 0 N–H and O–H groups in total. The highest BCUT2D eigenvalue weighted by atomic mass is 16.7. The van der Waals surface area contributed by atoms with E-state index < -0.39 is 0 Å². The zero-order valence-corrected chi connectivity index (χ0v) is 18.1. The van der Waals surface area contributed by atoms with E-state index in [0.29, 0.717) is 17.9 Å². The van der Waals surface area contributed by atoms with Crippen LogP contribution in [0, 0.1) is 0 Å². The molecule has 0 spiro atoms. The summed E-state index contributed by atoms with van der Waals surface area (Å²) in [6.07, 6.45) is 11.1. The molecule has 0 bridgehead atoms. The number of aryl methyl sites for hydroxylation is 1. The zero-order valence-electron chi connectivity index (χ0n) is 18.1. The summed E-state index contributed by atoms with van der Waals surface area (Å²) in [5, 5.41) is 0. The summed E-state index contributed by atoms with van der Waals surface area (Å²) in [6, 6.07) is 17.6. The lowest BCUT2D eigenvalue weighted by Gasteiger charge is -2.35. The van der Waals surface area contributed by atoms with Crippen LogP contribution in [0.25, 0.3) is 0 Å². The van der Waals surface area contributed by atoms with E-state index in [4.69, 9.17) is 9.47 Å². The van der Waals surface area contributed by atoms with E-state index in [0.717, 1.165) is 18.6 Å². The Morgan fingerprint density at radius 3 is 2.41 bits per heavy atom. The summed E-state index contributed by atoms with van der Waals surface area (Å²) in [4.78, 5) is 0. The smallest absolute Gasteiger partial charge is 0.207 e. The fourth-order valence-corrected chi connectivity index (χ4v) is 4.91. The Labute approximate surface area is 176 Å². The first-order chi connectivity index (χ1) is 14.2. The van der Waals surface area contributed by atoms with E-state index in [-0.39, 0.29) is 6.29 Å². The van der Waals surface area contributed by atoms with Crippen LogP contribution in [0.5, 0.6) is 5.75 Å². The maximum atomic E-state index is 6.67. The third-order valence-corrected chi connectivity index (χ3v) is 6.94. The van der Waals surface area contributed by atoms with Crippen molar-refractivity contribution in [3.05, 3.63) is 65.2 Å². The Balaban J connectivity index is 1.55. The first-order valence-corrected chi connectivity index (χ1v) is 11.7. The van der Waals surface area contributed by atoms with Gasteiger partial charge in [0, 0.05) is 5.92 Å². The summed E-state index contributed by atoms with van der Waals surface area (Å²) in [5.74, 6) is 1.83. The molecule has 0 saturated heterocycles. The van der Waals surface area contributed by atoms with Crippen molar-refractivity contribution in [2.75, 3.05) is 0 Å². The third kappa shape index (κ3) is 5.04. The predicted octanol–water partition coefficient (Wildman–Crippen LogP) is 7.37. The minimum atomic E-state index is -0.200. The van der Waals surface area contributed by atoms with Gasteiger partial charge in [-0.3, -0.25) is 0 Å². The average Bonchev–Trinajstić information content (AvgIpc) is 2.79. The Hall–Kier alpha value is -1.80. The second-order valence-corrected chi connectivity index (χ2v) is 8.96. The number of hydrogen-bond acceptors (Lipinski definition) is 2. The standard InChI is InChI=1S/C27H36O2/c1-3-20(2)21-16-18-24(19-17-21)29-27(28-23-12-5-4-6-13-23)26-15-9-11-22-10-7-8-14-25(22)26/h7-8,10,14,16-20,23,26-27H,3-6,9,11-13,15H2,1-2H3. The lowest BCUT2D eigenvalue weighted by atomic mass is 9.82. The van der Waals surface area contributed by atoms with Crippen LogP contribution in [0.2, 0.25) is 0 Å². The Bertz CT molecular complexity index is 760. The molecule has 3 atom stereocenters. The minimum Gasteiger partial charge on any atom is -0.464 e. The highest BCUT2D eigenvalue weighted by Gasteiger charge is 2.32. The number of rotatable bonds is 7. The van der Waals surface area contributed by atoms with E-state index in [1.165, 1.54) is 61.6 Å². The maximum absolute atomic E-state index is 6.67. The molecule has 29 heavy (non-hydrogen) atoms. The van der Waals surface area contributed by atoms with Gasteiger partial charge in [0.2, 0.25) is 6.29 Å². The SMILES string of the molecule is CCC(C)c1ccc(OC(OC2CCCCC2)C2CCCc3ccccc32)cc1. The molecular weight excluding hydrogens is 356 g/mol. The van der Waals surface area contributed by atoms with Crippen molar-refractivity contribution in [1.82, 2.24) is 0 Å². The van der Waals surface area contributed by atoms with Crippen molar-refractivity contribution in [3.63, 3.8) is 0 Å². The van der Waals surface area contributed by atoms with E-state index in [9.17, 15) is 0 Å². The van der Waals surface area contributed by atoms with E-state index >= 15 is 0 Å². The first kappa shape index (κ1) is 20.5.